The van der Waals surface area contributed by atoms with Crippen LogP contribution in [0.25, 0.3) is 10.9 Å². The Hall–Kier alpha value is -5.09. The molecule has 5 amide bonds. The Morgan fingerprint density at radius 1 is 0.863 bits per heavy atom. The number of hydrogen-bond donors (Lipinski definition) is 9. The van der Waals surface area contributed by atoms with Crippen molar-refractivity contribution in [3.05, 3.63) is 65.9 Å². The summed E-state index contributed by atoms with van der Waals surface area (Å²) in [7, 11) is 0. The molecule has 0 aliphatic carbocycles. The molecule has 0 radical (unpaired) electrons. The number of carboxylic acid groups (broad SMARTS) is 1. The first-order chi connectivity index (χ1) is 24.4. The van der Waals surface area contributed by atoms with Crippen LogP contribution in [-0.2, 0) is 41.6 Å². The average Bonchev–Trinajstić information content (AvgIpc) is 3.79. The second kappa shape index (κ2) is 18.8. The summed E-state index contributed by atoms with van der Waals surface area (Å²) in [6.07, 6.45) is 4.67. The summed E-state index contributed by atoms with van der Waals surface area (Å²) in [5.74, 6) is -4.08. The molecule has 1 aliphatic heterocycles. The molecular weight excluding hydrogens is 678 g/mol. The van der Waals surface area contributed by atoms with Crippen molar-refractivity contribution in [1.29, 1.82) is 0 Å². The lowest BCUT2D eigenvalue weighted by Gasteiger charge is -2.26. The van der Waals surface area contributed by atoms with Gasteiger partial charge >= 0.3 is 5.97 Å². The minimum atomic E-state index is -1.42. The Kier molecular flexibility index (Phi) is 14.3. The molecule has 1 fully saturated rings. The molecule has 1 aliphatic rings. The van der Waals surface area contributed by atoms with Crippen LogP contribution in [0.5, 0.6) is 5.75 Å². The highest BCUT2D eigenvalue weighted by Gasteiger charge is 2.33. The highest BCUT2D eigenvalue weighted by atomic mass is 32.2. The number of rotatable bonds is 19. The molecule has 2 heterocycles. The topological polar surface area (TPSA) is 245 Å². The van der Waals surface area contributed by atoms with Gasteiger partial charge in [0.05, 0.1) is 6.04 Å². The van der Waals surface area contributed by atoms with Crippen LogP contribution < -0.4 is 32.3 Å². The summed E-state index contributed by atoms with van der Waals surface area (Å²) in [5.41, 5.74) is 7.36. The molecule has 3 aromatic rings. The SMILES string of the molecule is CSCC[C@H](NC(=O)[C@H](Cc1c[nH]c2ccccc12)NC(=O)[C@H](Cc1ccc(O)cc1)NC(=O)[C@@H]1CCCN1)C(=O)N[C@@H](CCC(N)=O)C(=O)O. The zero-order valence-electron chi connectivity index (χ0n) is 28.3. The Bertz CT molecular complexity index is 1690. The van der Waals surface area contributed by atoms with E-state index in [1.165, 1.54) is 23.9 Å². The summed E-state index contributed by atoms with van der Waals surface area (Å²) >= 11 is 1.42. The fourth-order valence-electron chi connectivity index (χ4n) is 5.85. The van der Waals surface area contributed by atoms with Crippen molar-refractivity contribution >= 4 is 58.2 Å². The minimum absolute atomic E-state index is 0.0128. The highest BCUT2D eigenvalue weighted by Crippen LogP contribution is 2.20. The predicted octanol–water partition coefficient (Wildman–Crippen LogP) is 0.453. The number of para-hydroxylation sites is 1. The predicted molar refractivity (Wildman–Crippen MR) is 192 cm³/mol. The third-order valence-electron chi connectivity index (χ3n) is 8.66. The van der Waals surface area contributed by atoms with Crippen molar-refractivity contribution in [3.8, 4) is 5.75 Å². The number of primary amides is 1. The molecule has 2 aromatic carbocycles. The van der Waals surface area contributed by atoms with Crippen molar-refractivity contribution < 1.29 is 39.0 Å². The number of benzene rings is 2. The number of carbonyl (C=O) groups excluding carboxylic acids is 5. The zero-order valence-corrected chi connectivity index (χ0v) is 29.1. The maximum absolute atomic E-state index is 14.1. The van der Waals surface area contributed by atoms with Crippen LogP contribution in [0.15, 0.2) is 54.7 Å². The van der Waals surface area contributed by atoms with E-state index >= 15 is 0 Å². The number of carbonyl (C=O) groups is 6. The van der Waals surface area contributed by atoms with Gasteiger partial charge in [0, 0.05) is 36.4 Å². The maximum atomic E-state index is 14.1. The van der Waals surface area contributed by atoms with Gasteiger partial charge in [-0.2, -0.15) is 11.8 Å². The van der Waals surface area contributed by atoms with E-state index in [1.807, 2.05) is 30.5 Å². The molecule has 274 valence electrons. The van der Waals surface area contributed by atoms with Crippen LogP contribution in [0, 0.1) is 0 Å². The van der Waals surface area contributed by atoms with E-state index < -0.39 is 59.8 Å². The lowest BCUT2D eigenvalue weighted by Crippen LogP contribution is -2.59. The van der Waals surface area contributed by atoms with E-state index in [0.717, 1.165) is 17.3 Å². The lowest BCUT2D eigenvalue weighted by atomic mass is 10.0. The van der Waals surface area contributed by atoms with E-state index in [-0.39, 0.29) is 43.8 Å². The smallest absolute Gasteiger partial charge is 0.326 e. The van der Waals surface area contributed by atoms with Crippen LogP contribution in [0.1, 0.15) is 43.2 Å². The number of H-pyrrole nitrogens is 1. The summed E-state index contributed by atoms with van der Waals surface area (Å²) in [5, 5.41) is 34.1. The van der Waals surface area contributed by atoms with Gasteiger partial charge in [-0.1, -0.05) is 30.3 Å². The van der Waals surface area contributed by atoms with E-state index in [1.54, 1.807) is 18.3 Å². The molecule has 10 N–H and O–H groups in total. The number of thioether (sulfide) groups is 1. The van der Waals surface area contributed by atoms with Crippen LogP contribution in [-0.4, -0.2) is 99.5 Å². The van der Waals surface area contributed by atoms with Crippen molar-refractivity contribution in [2.24, 2.45) is 5.73 Å². The number of nitrogens with one attached hydrogen (secondary N) is 6. The van der Waals surface area contributed by atoms with Crippen molar-refractivity contribution in [3.63, 3.8) is 0 Å². The van der Waals surface area contributed by atoms with Crippen LogP contribution >= 0.6 is 11.8 Å². The zero-order chi connectivity index (χ0) is 36.9. The van der Waals surface area contributed by atoms with E-state index in [2.05, 4.69) is 31.6 Å². The van der Waals surface area contributed by atoms with E-state index in [0.29, 0.717) is 29.8 Å². The number of aromatic nitrogens is 1. The van der Waals surface area contributed by atoms with Crippen LogP contribution in [0.4, 0.5) is 0 Å². The van der Waals surface area contributed by atoms with E-state index in [9.17, 15) is 39.0 Å². The third kappa shape index (κ3) is 11.5. The summed E-state index contributed by atoms with van der Waals surface area (Å²) in [6.45, 7) is 0.670. The fourth-order valence-corrected chi connectivity index (χ4v) is 6.32. The first-order valence-corrected chi connectivity index (χ1v) is 18.1. The molecule has 15 nitrogen and oxygen atoms in total. The second-order valence-electron chi connectivity index (χ2n) is 12.5. The summed E-state index contributed by atoms with van der Waals surface area (Å²) in [4.78, 5) is 81.0. The average molecular weight is 724 g/mol. The number of aliphatic carboxylic acids is 1. The van der Waals surface area contributed by atoms with Gasteiger partial charge in [0.25, 0.3) is 0 Å². The van der Waals surface area contributed by atoms with Gasteiger partial charge < -0.3 is 47.5 Å². The van der Waals surface area contributed by atoms with Crippen molar-refractivity contribution in [2.75, 3.05) is 18.6 Å². The second-order valence-corrected chi connectivity index (χ2v) is 13.4. The molecule has 1 aromatic heterocycles. The van der Waals surface area contributed by atoms with Crippen LogP contribution in [0.2, 0.25) is 0 Å². The molecule has 1 saturated heterocycles. The molecule has 5 atom stereocenters. The minimum Gasteiger partial charge on any atom is -0.508 e. The number of phenolic OH excluding ortho intramolecular Hbond substituents is 1. The Balaban J connectivity index is 1.60. The van der Waals surface area contributed by atoms with Gasteiger partial charge in [-0.05, 0) is 73.6 Å². The van der Waals surface area contributed by atoms with Gasteiger partial charge in [0.1, 0.15) is 29.9 Å². The number of phenols is 1. The quantitative estimate of drug-likeness (QED) is 0.0827. The molecule has 51 heavy (non-hydrogen) atoms. The first kappa shape index (κ1) is 38.7. The normalized spacial score (nSPS) is 16.4. The van der Waals surface area contributed by atoms with Gasteiger partial charge in [-0.3, -0.25) is 24.0 Å². The monoisotopic (exact) mass is 723 g/mol. The van der Waals surface area contributed by atoms with Gasteiger partial charge in [-0.15, -0.1) is 0 Å². The molecule has 0 spiro atoms. The third-order valence-corrected chi connectivity index (χ3v) is 9.30. The maximum Gasteiger partial charge on any atom is 0.326 e. The standard InChI is InChI=1S/C35H45N7O8S/c1-51-16-14-26(32(46)40-27(35(49)50)12-13-30(36)44)39-34(48)29(18-21-19-38-24-6-3-2-5-23(21)24)42-33(47)28(17-20-8-10-22(43)11-9-20)41-31(45)25-7-4-15-37-25/h2-3,5-6,8-11,19,25-29,37-38,43H,4,7,12-18H2,1H3,(H2,36,44)(H,39,48)(H,40,46)(H,41,45)(H,42,47)(H,49,50)/t25-,26-,27-,28-,29-/m0/s1. The summed E-state index contributed by atoms with van der Waals surface area (Å²) < 4.78 is 0. The number of hydrogen-bond acceptors (Lipinski definition) is 9. The lowest BCUT2D eigenvalue weighted by molar-refractivity contribution is -0.142. The Morgan fingerprint density at radius 2 is 1.51 bits per heavy atom. The van der Waals surface area contributed by atoms with Gasteiger partial charge in [0.15, 0.2) is 0 Å². The van der Waals surface area contributed by atoms with Crippen molar-refractivity contribution in [1.82, 2.24) is 31.6 Å². The number of nitrogens with two attached hydrogens (primary N) is 1. The van der Waals surface area contributed by atoms with Crippen LogP contribution in [0.3, 0.4) is 0 Å². The number of aromatic amines is 1. The number of carboxylic acids is 1. The number of aromatic hydroxyl groups is 1. The molecular formula is C35H45N7O8S. The highest BCUT2D eigenvalue weighted by molar-refractivity contribution is 7.98. The van der Waals surface area contributed by atoms with Gasteiger partial charge in [0.2, 0.25) is 29.5 Å². The van der Waals surface area contributed by atoms with Crippen molar-refractivity contribution in [2.45, 2.75) is 75.2 Å². The largest absolute Gasteiger partial charge is 0.508 e. The Labute approximate surface area is 299 Å². The van der Waals surface area contributed by atoms with Gasteiger partial charge in [-0.25, -0.2) is 4.79 Å². The van der Waals surface area contributed by atoms with E-state index in [4.69, 9.17) is 5.73 Å². The molecule has 16 heteroatoms. The number of fused-ring (bicyclic) bond motifs is 1. The molecule has 0 saturated carbocycles. The number of amides is 5. The first-order valence-electron chi connectivity index (χ1n) is 16.7. The molecule has 0 unspecified atom stereocenters. The fraction of sp³-hybridized carbons (Fsp3) is 0.429. The summed E-state index contributed by atoms with van der Waals surface area (Å²) in [6, 6.07) is 8.25. The Morgan fingerprint density at radius 3 is 2.16 bits per heavy atom. The molecule has 0 bridgehead atoms. The molecule has 4 rings (SSSR count).